The van der Waals surface area contributed by atoms with Crippen LogP contribution >= 0.6 is 11.3 Å². The summed E-state index contributed by atoms with van der Waals surface area (Å²) in [4.78, 5) is 9.19. The molecule has 4 aromatic heterocycles. The van der Waals surface area contributed by atoms with Gasteiger partial charge in [0.1, 0.15) is 29.6 Å². The predicted octanol–water partition coefficient (Wildman–Crippen LogP) is 2.24. The molecule has 0 aliphatic heterocycles. The van der Waals surface area contributed by atoms with Crippen LogP contribution in [0.4, 0.5) is 0 Å². The first-order chi connectivity index (χ1) is 9.93. The molecule has 4 aromatic rings. The molecule has 0 bridgehead atoms. The number of H-pyrrole nitrogens is 1. The van der Waals surface area contributed by atoms with Crippen molar-refractivity contribution in [3.05, 3.63) is 30.4 Å². The second-order valence-corrected chi connectivity index (χ2v) is 4.65. The third kappa shape index (κ3) is 1.64. The molecule has 0 aliphatic rings. The van der Waals surface area contributed by atoms with Crippen LogP contribution in [0.1, 0.15) is 0 Å². The van der Waals surface area contributed by atoms with Gasteiger partial charge in [-0.3, -0.25) is 0 Å². The number of rotatable bonds is 3. The van der Waals surface area contributed by atoms with Crippen molar-refractivity contribution < 1.29 is 8.94 Å². The van der Waals surface area contributed by atoms with Crippen molar-refractivity contribution in [1.82, 2.24) is 30.5 Å². The number of nitrogens with zero attached hydrogens (tertiary/aromatic N) is 5. The first-order valence-electron chi connectivity index (χ1n) is 5.57. The summed E-state index contributed by atoms with van der Waals surface area (Å²) < 4.78 is 10.3. The highest BCUT2D eigenvalue weighted by molar-refractivity contribution is 7.13. The SMILES string of the molecule is c1coc(-c2ncsc2-c2nocc2-c2cn[nH]n2)n1. The molecular weight excluding hydrogens is 280 g/mol. The number of aromatic amines is 1. The zero-order valence-corrected chi connectivity index (χ0v) is 10.7. The van der Waals surface area contributed by atoms with Gasteiger partial charge in [0.25, 0.3) is 0 Å². The van der Waals surface area contributed by atoms with Gasteiger partial charge < -0.3 is 8.94 Å². The largest absolute Gasteiger partial charge is 0.443 e. The van der Waals surface area contributed by atoms with E-state index in [0.717, 1.165) is 10.4 Å². The Balaban J connectivity index is 1.88. The third-order valence-electron chi connectivity index (χ3n) is 2.68. The topological polar surface area (TPSA) is 107 Å². The second-order valence-electron chi connectivity index (χ2n) is 3.80. The van der Waals surface area contributed by atoms with Crippen molar-refractivity contribution in [3.63, 3.8) is 0 Å². The van der Waals surface area contributed by atoms with Gasteiger partial charge in [0.2, 0.25) is 5.89 Å². The van der Waals surface area contributed by atoms with Crippen molar-refractivity contribution in [2.75, 3.05) is 0 Å². The van der Waals surface area contributed by atoms with Crippen LogP contribution in [0.25, 0.3) is 33.4 Å². The van der Waals surface area contributed by atoms with Crippen LogP contribution in [0, 0.1) is 0 Å². The molecule has 0 radical (unpaired) electrons. The number of thiazole rings is 1. The van der Waals surface area contributed by atoms with Gasteiger partial charge >= 0.3 is 0 Å². The summed E-state index contributed by atoms with van der Waals surface area (Å²) in [6.07, 6.45) is 6.19. The first-order valence-corrected chi connectivity index (χ1v) is 6.45. The summed E-state index contributed by atoms with van der Waals surface area (Å²) in [7, 11) is 0. The van der Waals surface area contributed by atoms with Crippen molar-refractivity contribution in [3.8, 4) is 33.4 Å². The van der Waals surface area contributed by atoms with Crippen molar-refractivity contribution >= 4 is 11.3 Å². The minimum absolute atomic E-state index is 0.440. The monoisotopic (exact) mass is 286 g/mol. The predicted molar refractivity (Wildman–Crippen MR) is 68.5 cm³/mol. The quantitative estimate of drug-likeness (QED) is 0.615. The highest BCUT2D eigenvalue weighted by Crippen LogP contribution is 2.37. The van der Waals surface area contributed by atoms with Gasteiger partial charge in [0.15, 0.2) is 0 Å². The minimum atomic E-state index is 0.440. The fourth-order valence-electron chi connectivity index (χ4n) is 1.82. The van der Waals surface area contributed by atoms with Crippen LogP contribution in [-0.4, -0.2) is 30.5 Å². The van der Waals surface area contributed by atoms with Crippen LogP contribution in [0.15, 0.2) is 39.4 Å². The zero-order valence-electron chi connectivity index (χ0n) is 9.85. The molecule has 98 valence electrons. The number of hydrogen-bond donors (Lipinski definition) is 1. The molecular formula is C11H6N6O2S. The summed E-state index contributed by atoms with van der Waals surface area (Å²) in [6.45, 7) is 0. The molecule has 0 aromatic carbocycles. The fourth-order valence-corrected chi connectivity index (χ4v) is 2.59. The van der Waals surface area contributed by atoms with Gasteiger partial charge in [-0.05, 0) is 0 Å². The molecule has 20 heavy (non-hydrogen) atoms. The van der Waals surface area contributed by atoms with Gasteiger partial charge in [-0.15, -0.1) is 11.3 Å². The van der Waals surface area contributed by atoms with Gasteiger partial charge in [-0.25, -0.2) is 9.97 Å². The highest BCUT2D eigenvalue weighted by atomic mass is 32.1. The van der Waals surface area contributed by atoms with E-state index in [1.54, 1.807) is 17.9 Å². The maximum Gasteiger partial charge on any atom is 0.246 e. The molecule has 4 heterocycles. The van der Waals surface area contributed by atoms with E-state index in [-0.39, 0.29) is 0 Å². The zero-order chi connectivity index (χ0) is 13.4. The number of aromatic nitrogens is 6. The Bertz CT molecular complexity index is 746. The van der Waals surface area contributed by atoms with E-state index < -0.39 is 0 Å². The van der Waals surface area contributed by atoms with Gasteiger partial charge in [0.05, 0.1) is 28.3 Å². The molecule has 0 fully saturated rings. The summed E-state index contributed by atoms with van der Waals surface area (Å²) >= 11 is 1.42. The van der Waals surface area contributed by atoms with Gasteiger partial charge in [0, 0.05) is 0 Å². The summed E-state index contributed by atoms with van der Waals surface area (Å²) in [5, 5.41) is 14.4. The lowest BCUT2D eigenvalue weighted by molar-refractivity contribution is 0.423. The molecule has 0 unspecified atom stereocenters. The molecule has 9 heteroatoms. The Hall–Kier alpha value is -2.81. The summed E-state index contributed by atoms with van der Waals surface area (Å²) in [5.41, 5.74) is 4.34. The molecule has 0 spiro atoms. The Morgan fingerprint density at radius 1 is 1.20 bits per heavy atom. The molecule has 0 aliphatic carbocycles. The van der Waals surface area contributed by atoms with Crippen molar-refractivity contribution in [2.24, 2.45) is 0 Å². The maximum atomic E-state index is 5.29. The second kappa shape index (κ2) is 4.38. The van der Waals surface area contributed by atoms with Crippen molar-refractivity contribution in [2.45, 2.75) is 0 Å². The molecule has 4 rings (SSSR count). The van der Waals surface area contributed by atoms with Crippen molar-refractivity contribution in [1.29, 1.82) is 0 Å². The Morgan fingerprint density at radius 2 is 2.20 bits per heavy atom. The maximum absolute atomic E-state index is 5.29. The molecule has 8 nitrogen and oxygen atoms in total. The normalized spacial score (nSPS) is 11.0. The van der Waals surface area contributed by atoms with Crippen LogP contribution < -0.4 is 0 Å². The Kier molecular flexibility index (Phi) is 2.42. The highest BCUT2D eigenvalue weighted by Gasteiger charge is 2.22. The lowest BCUT2D eigenvalue weighted by Crippen LogP contribution is -1.85. The fraction of sp³-hybridized carbons (Fsp3) is 0. The van der Waals surface area contributed by atoms with E-state index in [1.165, 1.54) is 23.9 Å². The molecule has 0 saturated heterocycles. The lowest BCUT2D eigenvalue weighted by atomic mass is 10.1. The number of nitrogens with one attached hydrogen (secondary N) is 1. The smallest absolute Gasteiger partial charge is 0.246 e. The van der Waals surface area contributed by atoms with E-state index in [1.807, 2.05) is 0 Å². The average molecular weight is 286 g/mol. The molecule has 1 N–H and O–H groups in total. The third-order valence-corrected chi connectivity index (χ3v) is 3.51. The molecule has 0 saturated carbocycles. The van der Waals surface area contributed by atoms with Gasteiger partial charge in [-0.2, -0.15) is 15.4 Å². The van der Waals surface area contributed by atoms with Crippen LogP contribution in [0.5, 0.6) is 0 Å². The van der Waals surface area contributed by atoms with E-state index in [2.05, 4.69) is 30.5 Å². The molecule has 0 atom stereocenters. The minimum Gasteiger partial charge on any atom is -0.443 e. The average Bonchev–Trinajstić information content (AvgIpc) is 3.23. The van der Waals surface area contributed by atoms with E-state index in [4.69, 9.17) is 8.94 Å². The van der Waals surface area contributed by atoms with Crippen LogP contribution in [0.3, 0.4) is 0 Å². The number of hydrogen-bond acceptors (Lipinski definition) is 8. The first kappa shape index (κ1) is 11.1. The summed E-state index contributed by atoms with van der Waals surface area (Å²) in [5.74, 6) is 0.440. The lowest BCUT2D eigenvalue weighted by Gasteiger charge is -1.96. The van der Waals surface area contributed by atoms with Crippen LogP contribution in [0.2, 0.25) is 0 Å². The summed E-state index contributed by atoms with van der Waals surface area (Å²) in [6, 6.07) is 0. The Labute approximate surface area is 115 Å². The standard InChI is InChI=1S/C11H6N6O2S/c1-2-18-11(12-1)9-10(20-5-13-9)8-6(4-19-16-8)7-3-14-17-15-7/h1-5H,(H,14,15,17). The molecule has 0 amide bonds. The van der Waals surface area contributed by atoms with E-state index >= 15 is 0 Å². The van der Waals surface area contributed by atoms with Crippen LogP contribution in [-0.2, 0) is 0 Å². The van der Waals surface area contributed by atoms with E-state index in [9.17, 15) is 0 Å². The van der Waals surface area contributed by atoms with Gasteiger partial charge in [-0.1, -0.05) is 5.16 Å². The Morgan fingerprint density at radius 3 is 3.00 bits per heavy atom. The van der Waals surface area contributed by atoms with E-state index in [0.29, 0.717) is 23.0 Å². The number of oxazole rings is 1.